The van der Waals surface area contributed by atoms with Gasteiger partial charge in [0.05, 0.1) is 12.2 Å². The van der Waals surface area contributed by atoms with Crippen molar-refractivity contribution in [3.05, 3.63) is 23.9 Å². The lowest BCUT2D eigenvalue weighted by Gasteiger charge is -2.40. The third-order valence-electron chi connectivity index (χ3n) is 3.28. The number of anilines is 1. The molecule has 1 fully saturated rings. The van der Waals surface area contributed by atoms with E-state index in [1.165, 1.54) is 0 Å². The lowest BCUT2D eigenvalue weighted by atomic mass is 10.0. The lowest BCUT2D eigenvalue weighted by Crippen LogP contribution is -2.50. The van der Waals surface area contributed by atoms with E-state index in [1.807, 2.05) is 13.0 Å². The molecule has 0 N–H and O–H groups in total. The van der Waals surface area contributed by atoms with Gasteiger partial charge in [0, 0.05) is 18.8 Å². The molecule has 3 nitrogen and oxygen atoms in total. The summed E-state index contributed by atoms with van der Waals surface area (Å²) in [7, 11) is 0. The summed E-state index contributed by atoms with van der Waals surface area (Å²) >= 11 is 0. The summed E-state index contributed by atoms with van der Waals surface area (Å²) in [5.41, 5.74) is 1.05. The van der Waals surface area contributed by atoms with E-state index in [-0.39, 0.29) is 5.60 Å². The normalized spacial score (nSPS) is 25.8. The van der Waals surface area contributed by atoms with E-state index in [0.29, 0.717) is 0 Å². The molecule has 1 aromatic heterocycles. The first kappa shape index (κ1) is 11.4. The standard InChI is InChI=1S/C13H20N2O/c1-4-13(3)10-15(8-9-16-13)12-7-5-6-11(2)14-12/h5-7H,4,8-10H2,1-3H3. The summed E-state index contributed by atoms with van der Waals surface area (Å²) in [6.07, 6.45) is 1.04. The van der Waals surface area contributed by atoms with Gasteiger partial charge in [-0.1, -0.05) is 13.0 Å². The molecule has 0 aliphatic carbocycles. The number of morpholine rings is 1. The summed E-state index contributed by atoms with van der Waals surface area (Å²) in [4.78, 5) is 6.89. The maximum Gasteiger partial charge on any atom is 0.128 e. The highest BCUT2D eigenvalue weighted by Crippen LogP contribution is 2.24. The Morgan fingerprint density at radius 2 is 2.31 bits per heavy atom. The molecule has 88 valence electrons. The molecule has 0 radical (unpaired) electrons. The molecular weight excluding hydrogens is 200 g/mol. The number of rotatable bonds is 2. The van der Waals surface area contributed by atoms with Crippen molar-refractivity contribution in [1.29, 1.82) is 0 Å². The van der Waals surface area contributed by atoms with Crippen molar-refractivity contribution in [1.82, 2.24) is 4.98 Å². The first-order chi connectivity index (χ1) is 7.63. The summed E-state index contributed by atoms with van der Waals surface area (Å²) < 4.78 is 5.83. The Hall–Kier alpha value is -1.09. The number of ether oxygens (including phenoxy) is 1. The fraction of sp³-hybridized carbons (Fsp3) is 0.615. The van der Waals surface area contributed by atoms with Crippen LogP contribution in [0.2, 0.25) is 0 Å². The Kier molecular flexibility index (Phi) is 3.15. The molecule has 2 rings (SSSR count). The van der Waals surface area contributed by atoms with Gasteiger partial charge in [-0.2, -0.15) is 0 Å². The maximum absolute atomic E-state index is 5.83. The quantitative estimate of drug-likeness (QED) is 0.765. The summed E-state index contributed by atoms with van der Waals surface area (Å²) in [6, 6.07) is 6.17. The van der Waals surface area contributed by atoms with E-state index in [1.54, 1.807) is 0 Å². The van der Waals surface area contributed by atoms with Crippen LogP contribution in [0.15, 0.2) is 18.2 Å². The SMILES string of the molecule is CCC1(C)CN(c2cccc(C)n2)CCO1. The van der Waals surface area contributed by atoms with Gasteiger partial charge in [0.15, 0.2) is 0 Å². The van der Waals surface area contributed by atoms with E-state index in [0.717, 1.165) is 37.6 Å². The van der Waals surface area contributed by atoms with Crippen LogP contribution in [0.3, 0.4) is 0 Å². The van der Waals surface area contributed by atoms with Crippen LogP contribution in [0.25, 0.3) is 0 Å². The monoisotopic (exact) mass is 220 g/mol. The van der Waals surface area contributed by atoms with Crippen LogP contribution in [0.5, 0.6) is 0 Å². The van der Waals surface area contributed by atoms with Gasteiger partial charge in [0.1, 0.15) is 5.82 Å². The van der Waals surface area contributed by atoms with Crippen LogP contribution in [-0.2, 0) is 4.74 Å². The Balaban J connectivity index is 2.16. The molecule has 0 saturated carbocycles. The minimum atomic E-state index is -0.0241. The summed E-state index contributed by atoms with van der Waals surface area (Å²) in [5, 5.41) is 0. The molecule has 0 spiro atoms. The van der Waals surface area contributed by atoms with Crippen LogP contribution in [0, 0.1) is 6.92 Å². The van der Waals surface area contributed by atoms with Crippen molar-refractivity contribution in [2.45, 2.75) is 32.8 Å². The molecule has 1 aliphatic rings. The van der Waals surface area contributed by atoms with Crippen LogP contribution >= 0.6 is 0 Å². The molecule has 1 unspecified atom stereocenters. The molecule has 2 heterocycles. The first-order valence-electron chi connectivity index (χ1n) is 5.95. The summed E-state index contributed by atoms with van der Waals surface area (Å²) in [5.74, 6) is 1.07. The molecule has 3 heteroatoms. The van der Waals surface area contributed by atoms with Crippen LogP contribution in [0.4, 0.5) is 5.82 Å². The van der Waals surface area contributed by atoms with E-state index >= 15 is 0 Å². The van der Waals surface area contributed by atoms with Crippen molar-refractivity contribution in [3.8, 4) is 0 Å². The van der Waals surface area contributed by atoms with Crippen molar-refractivity contribution in [2.75, 3.05) is 24.6 Å². The minimum absolute atomic E-state index is 0.0241. The molecule has 0 amide bonds. The number of nitrogens with zero attached hydrogens (tertiary/aromatic N) is 2. The van der Waals surface area contributed by atoms with Gasteiger partial charge in [-0.15, -0.1) is 0 Å². The Morgan fingerprint density at radius 3 is 3.00 bits per heavy atom. The average Bonchev–Trinajstić information content (AvgIpc) is 2.29. The zero-order valence-electron chi connectivity index (χ0n) is 10.4. The van der Waals surface area contributed by atoms with Crippen LogP contribution in [0.1, 0.15) is 26.0 Å². The van der Waals surface area contributed by atoms with Crippen molar-refractivity contribution in [3.63, 3.8) is 0 Å². The highest BCUT2D eigenvalue weighted by Gasteiger charge is 2.30. The second-order valence-electron chi connectivity index (χ2n) is 4.71. The zero-order valence-corrected chi connectivity index (χ0v) is 10.4. The molecule has 1 aliphatic heterocycles. The van der Waals surface area contributed by atoms with E-state index in [9.17, 15) is 0 Å². The van der Waals surface area contributed by atoms with Crippen LogP contribution in [-0.4, -0.2) is 30.3 Å². The maximum atomic E-state index is 5.83. The Labute approximate surface area is 97.4 Å². The second-order valence-corrected chi connectivity index (χ2v) is 4.71. The van der Waals surface area contributed by atoms with Gasteiger partial charge in [-0.05, 0) is 32.4 Å². The number of hydrogen-bond acceptors (Lipinski definition) is 3. The predicted molar refractivity (Wildman–Crippen MR) is 65.8 cm³/mol. The van der Waals surface area contributed by atoms with E-state index in [2.05, 4.69) is 35.9 Å². The minimum Gasteiger partial charge on any atom is -0.372 e. The lowest BCUT2D eigenvalue weighted by molar-refractivity contribution is -0.0443. The predicted octanol–water partition coefficient (Wildman–Crippen LogP) is 2.40. The van der Waals surface area contributed by atoms with E-state index < -0.39 is 0 Å². The van der Waals surface area contributed by atoms with Crippen molar-refractivity contribution >= 4 is 5.82 Å². The molecule has 1 aromatic rings. The van der Waals surface area contributed by atoms with Crippen molar-refractivity contribution in [2.24, 2.45) is 0 Å². The van der Waals surface area contributed by atoms with Gasteiger partial charge in [-0.3, -0.25) is 0 Å². The highest BCUT2D eigenvalue weighted by molar-refractivity contribution is 5.40. The number of aryl methyl sites for hydroxylation is 1. The Bertz CT molecular complexity index is 367. The van der Waals surface area contributed by atoms with Gasteiger partial charge >= 0.3 is 0 Å². The molecule has 1 atom stereocenters. The Morgan fingerprint density at radius 1 is 1.50 bits per heavy atom. The van der Waals surface area contributed by atoms with Gasteiger partial charge < -0.3 is 9.64 Å². The fourth-order valence-electron chi connectivity index (χ4n) is 2.04. The summed E-state index contributed by atoms with van der Waals surface area (Å²) in [6.45, 7) is 9.04. The smallest absolute Gasteiger partial charge is 0.128 e. The third-order valence-corrected chi connectivity index (χ3v) is 3.28. The average molecular weight is 220 g/mol. The van der Waals surface area contributed by atoms with Crippen molar-refractivity contribution < 1.29 is 4.74 Å². The topological polar surface area (TPSA) is 25.4 Å². The van der Waals surface area contributed by atoms with E-state index in [4.69, 9.17) is 4.74 Å². The van der Waals surface area contributed by atoms with Crippen LogP contribution < -0.4 is 4.90 Å². The first-order valence-corrected chi connectivity index (χ1v) is 5.95. The van der Waals surface area contributed by atoms with Gasteiger partial charge in [-0.25, -0.2) is 4.98 Å². The number of hydrogen-bond donors (Lipinski definition) is 0. The zero-order chi connectivity index (χ0) is 11.6. The second kappa shape index (κ2) is 4.42. The fourth-order valence-corrected chi connectivity index (χ4v) is 2.04. The molecular formula is C13H20N2O. The van der Waals surface area contributed by atoms with Gasteiger partial charge in [0.2, 0.25) is 0 Å². The number of pyridine rings is 1. The number of aromatic nitrogens is 1. The molecule has 0 bridgehead atoms. The highest BCUT2D eigenvalue weighted by atomic mass is 16.5. The van der Waals surface area contributed by atoms with Gasteiger partial charge in [0.25, 0.3) is 0 Å². The third kappa shape index (κ3) is 2.35. The molecule has 0 aromatic carbocycles. The largest absolute Gasteiger partial charge is 0.372 e. The molecule has 1 saturated heterocycles. The molecule has 16 heavy (non-hydrogen) atoms.